The number of hydrogen-bond acceptors (Lipinski definition) is 3. The van der Waals surface area contributed by atoms with E-state index in [2.05, 4.69) is 24.6 Å². The van der Waals surface area contributed by atoms with Gasteiger partial charge in [0.25, 0.3) is 11.8 Å². The summed E-state index contributed by atoms with van der Waals surface area (Å²) < 4.78 is 0. The van der Waals surface area contributed by atoms with E-state index in [1.54, 1.807) is 24.3 Å². The van der Waals surface area contributed by atoms with Crippen LogP contribution in [-0.4, -0.2) is 42.5 Å². The molecule has 3 atom stereocenters. The van der Waals surface area contributed by atoms with Crippen molar-refractivity contribution in [1.29, 1.82) is 0 Å². The van der Waals surface area contributed by atoms with Crippen molar-refractivity contribution in [3.05, 3.63) is 71.8 Å². The second-order valence-electron chi connectivity index (χ2n) is 8.87. The molecule has 4 rings (SSSR count). The van der Waals surface area contributed by atoms with Gasteiger partial charge in [0.1, 0.15) is 0 Å². The van der Waals surface area contributed by atoms with Gasteiger partial charge in [-0.25, -0.2) is 4.79 Å². The van der Waals surface area contributed by atoms with Gasteiger partial charge in [-0.05, 0) is 17.5 Å². The van der Waals surface area contributed by atoms with Gasteiger partial charge in [0.2, 0.25) is 0 Å². The van der Waals surface area contributed by atoms with Gasteiger partial charge in [-0.2, -0.15) is 5.01 Å². The van der Waals surface area contributed by atoms with Crippen LogP contribution >= 0.6 is 0 Å². The molecule has 31 heavy (non-hydrogen) atoms. The summed E-state index contributed by atoms with van der Waals surface area (Å²) in [6.07, 6.45) is 1.16. The summed E-state index contributed by atoms with van der Waals surface area (Å²) in [5, 5.41) is 3.67. The minimum Gasteiger partial charge on any atom is -0.327 e. The van der Waals surface area contributed by atoms with E-state index in [0.29, 0.717) is 23.0 Å². The SMILES string of the molecule is C[C@@H]1C[C@H](C)C[NH+](CC(=O)NN2C(=O)NC(c3ccccc3)(c3ccccc3)C2=O)C1. The number of carbonyl (C=O) groups excluding carboxylic acids is 3. The van der Waals surface area contributed by atoms with Crippen molar-refractivity contribution in [1.82, 2.24) is 15.8 Å². The van der Waals surface area contributed by atoms with Crippen LogP contribution in [0.15, 0.2) is 60.7 Å². The lowest BCUT2D eigenvalue weighted by atomic mass is 9.83. The number of urea groups is 1. The van der Waals surface area contributed by atoms with E-state index in [1.807, 2.05) is 36.4 Å². The molecule has 7 nitrogen and oxygen atoms in total. The number of quaternary nitrogens is 1. The van der Waals surface area contributed by atoms with Crippen LogP contribution in [0.5, 0.6) is 0 Å². The molecule has 2 aromatic rings. The molecule has 7 heteroatoms. The lowest BCUT2D eigenvalue weighted by Crippen LogP contribution is -3.15. The number of benzene rings is 2. The molecule has 1 unspecified atom stereocenters. The Hall–Kier alpha value is -3.19. The van der Waals surface area contributed by atoms with E-state index >= 15 is 0 Å². The normalized spacial score (nSPS) is 25.2. The van der Waals surface area contributed by atoms with Gasteiger partial charge in [-0.3, -0.25) is 15.0 Å². The number of nitrogens with zero attached hydrogens (tertiary/aromatic N) is 1. The maximum atomic E-state index is 13.6. The van der Waals surface area contributed by atoms with E-state index in [4.69, 9.17) is 0 Å². The zero-order chi connectivity index (χ0) is 22.0. The first-order chi connectivity index (χ1) is 14.9. The fourth-order valence-corrected chi connectivity index (χ4v) is 5.02. The minimum atomic E-state index is -1.38. The Morgan fingerprint density at radius 3 is 2.03 bits per heavy atom. The molecular weight excluding hydrogens is 392 g/mol. The van der Waals surface area contributed by atoms with Crippen LogP contribution in [0, 0.1) is 11.8 Å². The Labute approximate surface area is 182 Å². The summed E-state index contributed by atoms with van der Waals surface area (Å²) in [5.41, 5.74) is 2.46. The Kier molecular flexibility index (Phi) is 5.78. The molecule has 3 N–H and O–H groups in total. The molecule has 0 aromatic heterocycles. The zero-order valence-electron chi connectivity index (χ0n) is 17.9. The maximum absolute atomic E-state index is 13.6. The summed E-state index contributed by atoms with van der Waals surface area (Å²) in [6.45, 7) is 6.44. The van der Waals surface area contributed by atoms with Crippen LogP contribution in [0.1, 0.15) is 31.4 Å². The molecule has 162 valence electrons. The van der Waals surface area contributed by atoms with Crippen molar-refractivity contribution >= 4 is 17.8 Å². The van der Waals surface area contributed by atoms with Gasteiger partial charge >= 0.3 is 6.03 Å². The van der Waals surface area contributed by atoms with Crippen LogP contribution < -0.4 is 15.6 Å². The number of hydrogen-bond donors (Lipinski definition) is 3. The van der Waals surface area contributed by atoms with Gasteiger partial charge in [-0.15, -0.1) is 0 Å². The second-order valence-corrected chi connectivity index (χ2v) is 8.87. The summed E-state index contributed by atoms with van der Waals surface area (Å²) in [5.74, 6) is 0.245. The first-order valence-electron chi connectivity index (χ1n) is 10.8. The largest absolute Gasteiger partial charge is 0.344 e. The molecule has 2 aliphatic rings. The van der Waals surface area contributed by atoms with E-state index in [9.17, 15) is 14.4 Å². The number of imide groups is 1. The molecule has 0 spiro atoms. The fraction of sp³-hybridized carbons (Fsp3) is 0.375. The Balaban J connectivity index is 1.57. The van der Waals surface area contributed by atoms with E-state index < -0.39 is 17.5 Å². The van der Waals surface area contributed by atoms with Crippen LogP contribution in [0.4, 0.5) is 4.79 Å². The van der Waals surface area contributed by atoms with Gasteiger partial charge in [0, 0.05) is 11.8 Å². The number of hydrazine groups is 1. The summed E-state index contributed by atoms with van der Waals surface area (Å²) in [7, 11) is 0. The number of piperidine rings is 1. The van der Waals surface area contributed by atoms with Crippen molar-refractivity contribution in [3.63, 3.8) is 0 Å². The van der Waals surface area contributed by atoms with E-state index in [-0.39, 0.29) is 12.5 Å². The van der Waals surface area contributed by atoms with Gasteiger partial charge in [0.15, 0.2) is 12.1 Å². The van der Waals surface area contributed by atoms with Crippen molar-refractivity contribution in [2.45, 2.75) is 25.8 Å². The molecule has 4 amide bonds. The van der Waals surface area contributed by atoms with E-state index in [1.165, 1.54) is 4.90 Å². The molecule has 2 fully saturated rings. The van der Waals surface area contributed by atoms with Crippen molar-refractivity contribution in [3.8, 4) is 0 Å². The quantitative estimate of drug-likeness (QED) is 0.632. The number of likely N-dealkylation sites (tertiary alicyclic amines) is 1. The number of rotatable bonds is 5. The molecule has 2 saturated heterocycles. The number of carbonyl (C=O) groups is 3. The highest BCUT2D eigenvalue weighted by Gasteiger charge is 2.54. The van der Waals surface area contributed by atoms with Gasteiger partial charge < -0.3 is 10.2 Å². The predicted molar refractivity (Wildman–Crippen MR) is 116 cm³/mol. The summed E-state index contributed by atoms with van der Waals surface area (Å²) >= 11 is 0. The molecule has 0 saturated carbocycles. The average Bonchev–Trinajstić information content (AvgIpc) is 3.00. The first-order valence-corrected chi connectivity index (χ1v) is 10.8. The summed E-state index contributed by atoms with van der Waals surface area (Å²) in [4.78, 5) is 40.4. The minimum absolute atomic E-state index is 0.232. The molecule has 2 heterocycles. The number of nitrogens with one attached hydrogen (secondary N) is 3. The number of amides is 4. The topological polar surface area (TPSA) is 82.9 Å². The zero-order valence-corrected chi connectivity index (χ0v) is 17.9. The second kappa shape index (κ2) is 8.51. The highest BCUT2D eigenvalue weighted by molar-refractivity contribution is 6.10. The highest BCUT2D eigenvalue weighted by Crippen LogP contribution is 2.35. The van der Waals surface area contributed by atoms with E-state index in [0.717, 1.165) is 24.5 Å². The van der Waals surface area contributed by atoms with Crippen LogP contribution in [0.25, 0.3) is 0 Å². The smallest absolute Gasteiger partial charge is 0.327 e. The Morgan fingerprint density at radius 1 is 1.00 bits per heavy atom. The lowest BCUT2D eigenvalue weighted by Gasteiger charge is -2.31. The van der Waals surface area contributed by atoms with Gasteiger partial charge in [-0.1, -0.05) is 74.5 Å². The average molecular weight is 422 g/mol. The van der Waals surface area contributed by atoms with Crippen LogP contribution in [-0.2, 0) is 15.1 Å². The third-order valence-corrected chi connectivity index (χ3v) is 6.16. The third-order valence-electron chi connectivity index (χ3n) is 6.16. The highest BCUT2D eigenvalue weighted by atomic mass is 16.2. The maximum Gasteiger partial charge on any atom is 0.344 e. The lowest BCUT2D eigenvalue weighted by molar-refractivity contribution is -0.904. The predicted octanol–water partition coefficient (Wildman–Crippen LogP) is 1.07. The molecule has 0 aliphatic carbocycles. The van der Waals surface area contributed by atoms with Crippen LogP contribution in [0.3, 0.4) is 0 Å². The molecule has 2 aliphatic heterocycles. The van der Waals surface area contributed by atoms with Crippen molar-refractivity contribution in [2.75, 3.05) is 19.6 Å². The fourth-order valence-electron chi connectivity index (χ4n) is 5.02. The monoisotopic (exact) mass is 421 g/mol. The molecule has 0 bridgehead atoms. The summed E-state index contributed by atoms with van der Waals surface area (Å²) in [6, 6.07) is 17.6. The Bertz CT molecular complexity index is 914. The molecule has 0 radical (unpaired) electrons. The molecular formula is C24H29N4O3+. The molecule has 2 aromatic carbocycles. The van der Waals surface area contributed by atoms with Gasteiger partial charge in [0.05, 0.1) is 13.1 Å². The van der Waals surface area contributed by atoms with Crippen molar-refractivity contribution < 1.29 is 19.3 Å². The third kappa shape index (κ3) is 4.05. The van der Waals surface area contributed by atoms with Crippen LogP contribution in [0.2, 0.25) is 0 Å². The standard InChI is InChI=1S/C24H28N4O3/c1-17-13-18(2)15-27(14-17)16-21(29)26-28-22(30)24(25-23(28)31,19-9-5-3-6-10-19)20-11-7-4-8-12-20/h3-12,17-18H,13-16H2,1-2H3,(H,25,31)(H,26,29)/p+1/t17-,18+. The first kappa shape index (κ1) is 21.1. The Morgan fingerprint density at radius 2 is 1.52 bits per heavy atom. The van der Waals surface area contributed by atoms with Crippen molar-refractivity contribution in [2.24, 2.45) is 11.8 Å².